The molecule has 144 valence electrons. The van der Waals surface area contributed by atoms with E-state index < -0.39 is 5.97 Å². The van der Waals surface area contributed by atoms with Gasteiger partial charge in [-0.1, -0.05) is 29.8 Å². The standard InChI is InChI=1S/C22H21NO5/c1-14-5-7-15(8-6-14)9-12-19-23-17(22(24)28-19)13-16-10-11-18(25-2)21(27-4)20(16)26-3/h5-13H,1-4H3. The van der Waals surface area contributed by atoms with Gasteiger partial charge in [-0.05, 0) is 36.8 Å². The molecule has 0 aliphatic carbocycles. The molecule has 1 aliphatic heterocycles. The van der Waals surface area contributed by atoms with Crippen LogP contribution in [-0.4, -0.2) is 33.2 Å². The van der Waals surface area contributed by atoms with Crippen molar-refractivity contribution in [3.63, 3.8) is 0 Å². The first-order valence-electron chi connectivity index (χ1n) is 8.62. The van der Waals surface area contributed by atoms with Crippen LogP contribution in [0.25, 0.3) is 12.2 Å². The Bertz CT molecular complexity index is 971. The Balaban J connectivity index is 1.90. The van der Waals surface area contributed by atoms with Crippen molar-refractivity contribution in [3.05, 3.63) is 64.9 Å². The second kappa shape index (κ2) is 8.43. The molecule has 2 aromatic rings. The largest absolute Gasteiger partial charge is 0.493 e. The Hall–Kier alpha value is -3.54. The number of cyclic esters (lactones) is 1. The molecular formula is C22H21NO5. The minimum Gasteiger partial charge on any atom is -0.493 e. The average molecular weight is 379 g/mol. The van der Waals surface area contributed by atoms with E-state index in [0.29, 0.717) is 22.8 Å². The number of aliphatic imine (C=N–C) groups is 1. The first-order chi connectivity index (χ1) is 13.5. The Labute approximate surface area is 163 Å². The molecule has 6 nitrogen and oxygen atoms in total. The van der Waals surface area contributed by atoms with Crippen LogP contribution in [0.4, 0.5) is 0 Å². The van der Waals surface area contributed by atoms with Crippen LogP contribution >= 0.6 is 0 Å². The number of hydrogen-bond donors (Lipinski definition) is 0. The zero-order valence-electron chi connectivity index (χ0n) is 16.2. The first kappa shape index (κ1) is 19.2. The SMILES string of the molecule is COc1ccc(C=C2N=C(C=Cc3ccc(C)cc3)OC2=O)c(OC)c1OC. The second-order valence-corrected chi connectivity index (χ2v) is 6.04. The van der Waals surface area contributed by atoms with E-state index in [9.17, 15) is 4.79 Å². The van der Waals surface area contributed by atoms with E-state index in [0.717, 1.165) is 5.56 Å². The van der Waals surface area contributed by atoms with Gasteiger partial charge in [0.15, 0.2) is 17.2 Å². The predicted octanol–water partition coefficient (Wildman–Crippen LogP) is 4.03. The Morgan fingerprint density at radius 1 is 0.893 bits per heavy atom. The van der Waals surface area contributed by atoms with Crippen LogP contribution in [0.5, 0.6) is 17.2 Å². The lowest BCUT2D eigenvalue weighted by atomic mass is 10.1. The quantitative estimate of drug-likeness (QED) is 0.560. The number of hydrogen-bond acceptors (Lipinski definition) is 6. The predicted molar refractivity (Wildman–Crippen MR) is 108 cm³/mol. The van der Waals surface area contributed by atoms with Crippen LogP contribution in [0, 0.1) is 6.92 Å². The third-order valence-electron chi connectivity index (χ3n) is 4.16. The van der Waals surface area contributed by atoms with E-state index in [-0.39, 0.29) is 11.6 Å². The fourth-order valence-corrected chi connectivity index (χ4v) is 2.73. The van der Waals surface area contributed by atoms with E-state index in [2.05, 4.69) is 4.99 Å². The smallest absolute Gasteiger partial charge is 0.363 e. The summed E-state index contributed by atoms with van der Waals surface area (Å²) in [6.07, 6.45) is 5.09. The molecule has 6 heteroatoms. The van der Waals surface area contributed by atoms with Gasteiger partial charge in [0.05, 0.1) is 21.3 Å². The maximum absolute atomic E-state index is 12.2. The van der Waals surface area contributed by atoms with Crippen molar-refractivity contribution in [1.82, 2.24) is 0 Å². The third-order valence-corrected chi connectivity index (χ3v) is 4.16. The van der Waals surface area contributed by atoms with Gasteiger partial charge < -0.3 is 18.9 Å². The first-order valence-corrected chi connectivity index (χ1v) is 8.62. The molecule has 28 heavy (non-hydrogen) atoms. The lowest BCUT2D eigenvalue weighted by Crippen LogP contribution is -2.01. The molecule has 0 aromatic heterocycles. The summed E-state index contributed by atoms with van der Waals surface area (Å²) < 4.78 is 21.3. The van der Waals surface area contributed by atoms with Crippen molar-refractivity contribution in [1.29, 1.82) is 0 Å². The average Bonchev–Trinajstić information content (AvgIpc) is 3.06. The minimum atomic E-state index is -0.527. The van der Waals surface area contributed by atoms with Gasteiger partial charge in [-0.2, -0.15) is 0 Å². The normalized spacial score (nSPS) is 14.9. The van der Waals surface area contributed by atoms with Crippen LogP contribution in [-0.2, 0) is 9.53 Å². The molecule has 0 saturated carbocycles. The van der Waals surface area contributed by atoms with Crippen molar-refractivity contribution in [2.45, 2.75) is 6.92 Å². The number of aryl methyl sites for hydroxylation is 1. The summed E-state index contributed by atoms with van der Waals surface area (Å²) in [6, 6.07) is 11.5. The summed E-state index contributed by atoms with van der Waals surface area (Å²) in [5.74, 6) is 1.12. The molecule has 1 aliphatic rings. The van der Waals surface area contributed by atoms with Gasteiger partial charge in [0.1, 0.15) is 0 Å². The number of ether oxygens (including phenoxy) is 4. The van der Waals surface area contributed by atoms with Crippen LogP contribution in [0.1, 0.15) is 16.7 Å². The number of rotatable bonds is 6. The molecule has 0 radical (unpaired) electrons. The molecule has 2 aromatic carbocycles. The molecule has 0 fully saturated rings. The second-order valence-electron chi connectivity index (χ2n) is 6.04. The Kier molecular flexibility index (Phi) is 5.79. The van der Waals surface area contributed by atoms with Gasteiger partial charge >= 0.3 is 5.97 Å². The molecule has 0 spiro atoms. The number of methoxy groups -OCH3 is 3. The topological polar surface area (TPSA) is 66.4 Å². The molecule has 1 heterocycles. The van der Waals surface area contributed by atoms with E-state index >= 15 is 0 Å². The van der Waals surface area contributed by atoms with Crippen LogP contribution in [0.2, 0.25) is 0 Å². The molecule has 0 unspecified atom stereocenters. The van der Waals surface area contributed by atoms with Crippen LogP contribution < -0.4 is 14.2 Å². The van der Waals surface area contributed by atoms with Gasteiger partial charge in [0.2, 0.25) is 11.6 Å². The molecule has 3 rings (SSSR count). The highest BCUT2D eigenvalue weighted by Gasteiger charge is 2.23. The van der Waals surface area contributed by atoms with Crippen molar-refractivity contribution >= 4 is 24.0 Å². The molecule has 0 N–H and O–H groups in total. The van der Waals surface area contributed by atoms with Gasteiger partial charge in [-0.3, -0.25) is 0 Å². The summed E-state index contributed by atoms with van der Waals surface area (Å²) in [5.41, 5.74) is 2.97. The van der Waals surface area contributed by atoms with Crippen molar-refractivity contribution in [3.8, 4) is 17.2 Å². The highest BCUT2D eigenvalue weighted by molar-refractivity contribution is 6.11. The Morgan fingerprint density at radius 2 is 1.61 bits per heavy atom. The fourth-order valence-electron chi connectivity index (χ4n) is 2.73. The zero-order valence-corrected chi connectivity index (χ0v) is 16.2. The summed E-state index contributed by atoms with van der Waals surface area (Å²) in [4.78, 5) is 16.4. The summed E-state index contributed by atoms with van der Waals surface area (Å²) in [6.45, 7) is 2.02. The Morgan fingerprint density at radius 3 is 2.25 bits per heavy atom. The third kappa shape index (κ3) is 4.06. The number of carbonyl (C=O) groups is 1. The van der Waals surface area contributed by atoms with Crippen LogP contribution in [0.3, 0.4) is 0 Å². The monoisotopic (exact) mass is 379 g/mol. The van der Waals surface area contributed by atoms with Crippen molar-refractivity contribution in [2.75, 3.05) is 21.3 Å². The zero-order chi connectivity index (χ0) is 20.1. The van der Waals surface area contributed by atoms with Gasteiger partial charge in [0, 0.05) is 11.6 Å². The molecule has 0 amide bonds. The van der Waals surface area contributed by atoms with Crippen molar-refractivity contribution in [2.24, 2.45) is 4.99 Å². The van der Waals surface area contributed by atoms with Crippen LogP contribution in [0.15, 0.2) is 53.2 Å². The number of carbonyl (C=O) groups excluding carboxylic acids is 1. The number of esters is 1. The maximum Gasteiger partial charge on any atom is 0.363 e. The summed E-state index contributed by atoms with van der Waals surface area (Å²) >= 11 is 0. The number of benzene rings is 2. The summed E-state index contributed by atoms with van der Waals surface area (Å²) in [7, 11) is 4.58. The molecule has 0 saturated heterocycles. The van der Waals surface area contributed by atoms with Gasteiger partial charge in [0.25, 0.3) is 0 Å². The lowest BCUT2D eigenvalue weighted by molar-refractivity contribution is -0.129. The maximum atomic E-state index is 12.2. The van der Waals surface area contributed by atoms with E-state index in [1.165, 1.54) is 19.8 Å². The summed E-state index contributed by atoms with van der Waals surface area (Å²) in [5, 5.41) is 0. The molecule has 0 bridgehead atoms. The molecular weight excluding hydrogens is 358 g/mol. The number of nitrogens with zero attached hydrogens (tertiary/aromatic N) is 1. The van der Waals surface area contributed by atoms with Gasteiger partial charge in [-0.25, -0.2) is 9.79 Å². The van der Waals surface area contributed by atoms with E-state index in [1.807, 2.05) is 37.3 Å². The fraction of sp³-hybridized carbons (Fsp3) is 0.182. The van der Waals surface area contributed by atoms with Crippen molar-refractivity contribution < 1.29 is 23.7 Å². The highest BCUT2D eigenvalue weighted by atomic mass is 16.6. The van der Waals surface area contributed by atoms with E-state index in [1.54, 1.807) is 31.4 Å². The molecule has 0 atom stereocenters. The minimum absolute atomic E-state index is 0.175. The van der Waals surface area contributed by atoms with E-state index in [4.69, 9.17) is 18.9 Å². The van der Waals surface area contributed by atoms with Gasteiger partial charge in [-0.15, -0.1) is 0 Å². The highest BCUT2D eigenvalue weighted by Crippen LogP contribution is 2.40. The lowest BCUT2D eigenvalue weighted by Gasteiger charge is -2.14.